The lowest BCUT2D eigenvalue weighted by molar-refractivity contribution is -0.642. The number of para-hydroxylation sites is 2. The zero-order valence-corrected chi connectivity index (χ0v) is 11.2. The first kappa shape index (κ1) is 12.5. The van der Waals surface area contributed by atoms with E-state index in [1.165, 1.54) is 6.26 Å². The van der Waals surface area contributed by atoms with E-state index in [2.05, 4.69) is 0 Å². The van der Waals surface area contributed by atoms with Crippen LogP contribution in [0.25, 0.3) is 11.0 Å². The number of imidazole rings is 1. The van der Waals surface area contributed by atoms with E-state index < -0.39 is 0 Å². The molecule has 0 fully saturated rings. The Balaban J connectivity index is 2.07. The quantitative estimate of drug-likeness (QED) is 0.582. The molecule has 3 rings (SSSR count). The summed E-state index contributed by atoms with van der Waals surface area (Å²) in [6, 6.07) is 11.2. The van der Waals surface area contributed by atoms with Crippen LogP contribution in [0.3, 0.4) is 0 Å². The minimum atomic E-state index is -0.0919. The van der Waals surface area contributed by atoms with E-state index in [9.17, 15) is 4.79 Å². The second-order valence-electron chi connectivity index (χ2n) is 4.58. The van der Waals surface area contributed by atoms with Crippen LogP contribution in [0.4, 0.5) is 5.95 Å². The van der Waals surface area contributed by atoms with E-state index in [0.717, 1.165) is 17.6 Å². The van der Waals surface area contributed by atoms with Gasteiger partial charge in [0.2, 0.25) is 5.78 Å². The van der Waals surface area contributed by atoms with Crippen molar-refractivity contribution in [3.05, 3.63) is 48.4 Å². The highest BCUT2D eigenvalue weighted by molar-refractivity contribution is 5.92. The van der Waals surface area contributed by atoms with Crippen molar-refractivity contribution in [2.75, 3.05) is 5.73 Å². The van der Waals surface area contributed by atoms with Crippen LogP contribution in [-0.4, -0.2) is 10.4 Å². The van der Waals surface area contributed by atoms with Gasteiger partial charge in [0.1, 0.15) is 17.6 Å². The Hall–Kier alpha value is -2.56. The van der Waals surface area contributed by atoms with Crippen molar-refractivity contribution in [3.8, 4) is 0 Å². The summed E-state index contributed by atoms with van der Waals surface area (Å²) < 4.78 is 8.96. The number of nitrogen functional groups attached to an aromatic ring is 1. The summed E-state index contributed by atoms with van der Waals surface area (Å²) in [5.41, 5.74) is 8.15. The number of ketones is 1. The van der Waals surface area contributed by atoms with Crippen LogP contribution in [0.15, 0.2) is 47.1 Å². The maximum atomic E-state index is 12.2. The Morgan fingerprint density at radius 1 is 1.30 bits per heavy atom. The fourth-order valence-corrected chi connectivity index (χ4v) is 2.47. The summed E-state index contributed by atoms with van der Waals surface area (Å²) in [5, 5.41) is 0. The summed E-state index contributed by atoms with van der Waals surface area (Å²) in [5.74, 6) is 0.838. The Bertz CT molecular complexity index is 757. The van der Waals surface area contributed by atoms with Gasteiger partial charge in [0.05, 0.1) is 12.8 Å². The maximum absolute atomic E-state index is 12.2. The van der Waals surface area contributed by atoms with Crippen molar-refractivity contribution < 1.29 is 13.8 Å². The van der Waals surface area contributed by atoms with Gasteiger partial charge in [-0.25, -0.2) is 9.13 Å². The SMILES string of the molecule is CCn1c(N)[n+](CC(=O)c2ccco2)c2ccccc21. The number of aryl methyl sites for hydroxylation is 1. The van der Waals surface area contributed by atoms with Crippen molar-refractivity contribution in [1.29, 1.82) is 0 Å². The average Bonchev–Trinajstić information content (AvgIpc) is 3.07. The van der Waals surface area contributed by atoms with Crippen molar-refractivity contribution in [3.63, 3.8) is 0 Å². The topological polar surface area (TPSA) is 65.0 Å². The second kappa shape index (κ2) is 4.85. The largest absolute Gasteiger partial charge is 0.461 e. The number of rotatable bonds is 4. The third kappa shape index (κ3) is 1.87. The molecule has 0 amide bonds. The molecule has 0 atom stereocenters. The fraction of sp³-hybridized carbons (Fsp3) is 0.200. The first-order valence-corrected chi connectivity index (χ1v) is 6.55. The Kier molecular flexibility index (Phi) is 3.02. The van der Waals surface area contributed by atoms with Gasteiger partial charge in [-0.2, -0.15) is 0 Å². The normalized spacial score (nSPS) is 11.1. The van der Waals surface area contributed by atoms with E-state index in [4.69, 9.17) is 10.2 Å². The van der Waals surface area contributed by atoms with Crippen LogP contribution in [0, 0.1) is 0 Å². The van der Waals surface area contributed by atoms with Gasteiger partial charge < -0.3 is 4.42 Å². The van der Waals surface area contributed by atoms with Gasteiger partial charge in [-0.05, 0) is 31.2 Å². The molecule has 1 aromatic carbocycles. The van der Waals surface area contributed by atoms with E-state index >= 15 is 0 Å². The number of hydrogen-bond donors (Lipinski definition) is 1. The molecule has 20 heavy (non-hydrogen) atoms. The molecule has 0 bridgehead atoms. The van der Waals surface area contributed by atoms with Gasteiger partial charge in [-0.3, -0.25) is 10.5 Å². The standard InChI is InChI=1S/C15H15N3O2/c1-2-17-11-6-3-4-7-12(11)18(15(17)16)10-13(19)14-8-5-9-20-14/h3-9,16H,2,10H2,1H3/p+1. The number of nitrogens with zero attached hydrogens (tertiary/aromatic N) is 2. The lowest BCUT2D eigenvalue weighted by atomic mass is 10.3. The zero-order chi connectivity index (χ0) is 14.1. The van der Waals surface area contributed by atoms with Gasteiger partial charge in [0, 0.05) is 0 Å². The Morgan fingerprint density at radius 3 is 2.80 bits per heavy atom. The second-order valence-corrected chi connectivity index (χ2v) is 4.58. The lowest BCUT2D eigenvalue weighted by Crippen LogP contribution is -2.40. The van der Waals surface area contributed by atoms with Crippen LogP contribution < -0.4 is 10.3 Å². The van der Waals surface area contributed by atoms with Crippen LogP contribution in [0.2, 0.25) is 0 Å². The van der Waals surface area contributed by atoms with Crippen LogP contribution in [0.5, 0.6) is 0 Å². The number of furan rings is 1. The first-order valence-electron chi connectivity index (χ1n) is 6.55. The predicted molar refractivity (Wildman–Crippen MR) is 75.3 cm³/mol. The highest BCUT2D eigenvalue weighted by Crippen LogP contribution is 2.16. The van der Waals surface area contributed by atoms with Gasteiger partial charge in [-0.1, -0.05) is 12.1 Å². The van der Waals surface area contributed by atoms with Crippen molar-refractivity contribution >= 4 is 22.8 Å². The van der Waals surface area contributed by atoms with Crippen molar-refractivity contribution in [1.82, 2.24) is 4.57 Å². The number of benzene rings is 1. The zero-order valence-electron chi connectivity index (χ0n) is 11.2. The fourth-order valence-electron chi connectivity index (χ4n) is 2.47. The molecule has 0 saturated carbocycles. The number of fused-ring (bicyclic) bond motifs is 1. The molecule has 2 aromatic heterocycles. The molecule has 0 aliphatic rings. The predicted octanol–water partition coefficient (Wildman–Crippen LogP) is 2.01. The highest BCUT2D eigenvalue weighted by Gasteiger charge is 2.22. The van der Waals surface area contributed by atoms with Crippen molar-refractivity contribution in [2.24, 2.45) is 0 Å². The van der Waals surface area contributed by atoms with Crippen LogP contribution in [0.1, 0.15) is 17.5 Å². The van der Waals surface area contributed by atoms with Gasteiger partial charge in [-0.15, -0.1) is 0 Å². The number of carbonyl (C=O) groups is 1. The highest BCUT2D eigenvalue weighted by atomic mass is 16.3. The molecule has 0 aliphatic carbocycles. The minimum Gasteiger partial charge on any atom is -0.461 e. The third-order valence-corrected chi connectivity index (χ3v) is 3.43. The molecule has 5 heteroatoms. The molecule has 2 N–H and O–H groups in total. The van der Waals surface area contributed by atoms with Crippen molar-refractivity contribution in [2.45, 2.75) is 20.0 Å². The van der Waals surface area contributed by atoms with E-state index in [1.807, 2.05) is 40.3 Å². The molecule has 0 saturated heterocycles. The molecular formula is C15H16N3O2+. The Morgan fingerprint density at radius 2 is 2.10 bits per heavy atom. The monoisotopic (exact) mass is 270 g/mol. The molecule has 0 spiro atoms. The Labute approximate surface area is 116 Å². The molecular weight excluding hydrogens is 254 g/mol. The van der Waals surface area contributed by atoms with E-state index in [-0.39, 0.29) is 12.3 Å². The van der Waals surface area contributed by atoms with Gasteiger partial charge >= 0.3 is 5.95 Å². The number of anilines is 1. The molecule has 2 heterocycles. The molecule has 3 aromatic rings. The smallest absolute Gasteiger partial charge is 0.356 e. The molecule has 0 unspecified atom stereocenters. The minimum absolute atomic E-state index is 0.0919. The number of nitrogens with two attached hydrogens (primary N) is 1. The van der Waals surface area contributed by atoms with Gasteiger partial charge in [0.25, 0.3) is 0 Å². The number of Topliss-reactive ketones (excluding diaryl/α,β-unsaturated/α-hetero) is 1. The molecule has 0 radical (unpaired) electrons. The third-order valence-electron chi connectivity index (χ3n) is 3.43. The summed E-state index contributed by atoms with van der Waals surface area (Å²) in [6.07, 6.45) is 1.50. The maximum Gasteiger partial charge on any atom is 0.356 e. The summed E-state index contributed by atoms with van der Waals surface area (Å²) in [4.78, 5) is 12.2. The number of hydrogen-bond acceptors (Lipinski definition) is 3. The van der Waals surface area contributed by atoms with E-state index in [0.29, 0.717) is 11.7 Å². The average molecular weight is 270 g/mol. The first-order chi connectivity index (χ1) is 9.72. The molecule has 102 valence electrons. The van der Waals surface area contributed by atoms with Crippen LogP contribution >= 0.6 is 0 Å². The number of carbonyl (C=O) groups excluding carboxylic acids is 1. The van der Waals surface area contributed by atoms with E-state index in [1.54, 1.807) is 12.1 Å². The molecule has 5 nitrogen and oxygen atoms in total. The summed E-state index contributed by atoms with van der Waals surface area (Å²) >= 11 is 0. The van der Waals surface area contributed by atoms with Crippen LogP contribution in [-0.2, 0) is 13.1 Å². The number of aromatic nitrogens is 2. The summed E-state index contributed by atoms with van der Waals surface area (Å²) in [6.45, 7) is 2.96. The van der Waals surface area contributed by atoms with Gasteiger partial charge in [0.15, 0.2) is 5.76 Å². The lowest BCUT2D eigenvalue weighted by Gasteiger charge is -1.99. The summed E-state index contributed by atoms with van der Waals surface area (Å²) in [7, 11) is 0. The molecule has 0 aliphatic heterocycles.